The minimum absolute atomic E-state index is 0. The number of rotatable bonds is 6. The second kappa shape index (κ2) is 12.3. The molecule has 4 heteroatoms. The molecule has 17 heavy (non-hydrogen) atoms. The van der Waals surface area contributed by atoms with Gasteiger partial charge < -0.3 is 37.2 Å². The van der Waals surface area contributed by atoms with Crippen LogP contribution in [0.25, 0.3) is 0 Å². The minimum atomic E-state index is 0. The van der Waals surface area contributed by atoms with Crippen LogP contribution in [-0.2, 0) is 24.7 Å². The zero-order valence-electron chi connectivity index (χ0n) is 10.6. The van der Waals surface area contributed by atoms with Crippen molar-refractivity contribution in [1.82, 2.24) is 0 Å². The summed E-state index contributed by atoms with van der Waals surface area (Å²) in [5.74, 6) is 0. The van der Waals surface area contributed by atoms with Gasteiger partial charge in [-0.25, -0.2) is 0 Å². The van der Waals surface area contributed by atoms with Gasteiger partial charge in [0.2, 0.25) is 0 Å². The van der Waals surface area contributed by atoms with Crippen LogP contribution in [-0.4, -0.2) is 0 Å². The van der Waals surface area contributed by atoms with Gasteiger partial charge in [-0.15, -0.1) is 0 Å². The first-order valence-corrected chi connectivity index (χ1v) is 7.09. The molecule has 0 fully saturated rings. The van der Waals surface area contributed by atoms with Crippen LogP contribution < -0.4 is 37.2 Å². The predicted molar refractivity (Wildman–Crippen MR) is 59.0 cm³/mol. The topological polar surface area (TPSA) is 0 Å². The van der Waals surface area contributed by atoms with E-state index in [1.807, 2.05) is 0 Å². The van der Waals surface area contributed by atoms with Crippen LogP contribution in [0, 0.1) is 0 Å². The molecule has 0 nitrogen and oxygen atoms in total. The van der Waals surface area contributed by atoms with Gasteiger partial charge in [0.1, 0.15) is 0 Å². The molecule has 1 aliphatic carbocycles. The van der Waals surface area contributed by atoms with E-state index in [1.165, 1.54) is 38.5 Å². The van der Waals surface area contributed by atoms with Crippen LogP contribution in [0.2, 0.25) is 3.12 Å². The SMILES string of the molecule is CCCCC1=CC=C[C]1([Zr+3])CCCC.[Cl-].[Cl-].[Cl-]. The standard InChI is InChI=1S/C13H21.3ClH.Zr/c1-3-5-8-12-10-7-11-13(12)9-6-4-2;;;;/h7,10-11H,3-6,8-9H2,1-2H3;3*1H;/q;;;;+3/p-3. The Morgan fingerprint density at radius 1 is 1.06 bits per heavy atom. The molecule has 0 spiro atoms. The van der Waals surface area contributed by atoms with E-state index < -0.39 is 0 Å². The minimum Gasteiger partial charge on any atom is -1.00 e. The molecular formula is C13H21Cl3Zr. The number of hydrogen-bond donors (Lipinski definition) is 0. The Hall–Kier alpha value is 1.23. The van der Waals surface area contributed by atoms with E-state index in [0.29, 0.717) is 3.12 Å². The molecule has 1 unspecified atom stereocenters. The predicted octanol–water partition coefficient (Wildman–Crippen LogP) is -4.42. The maximum absolute atomic E-state index is 2.44. The molecule has 0 heterocycles. The van der Waals surface area contributed by atoms with Crippen LogP contribution in [0.1, 0.15) is 52.4 Å². The Kier molecular flexibility index (Phi) is 16.9. The van der Waals surface area contributed by atoms with Crippen molar-refractivity contribution in [1.29, 1.82) is 0 Å². The Morgan fingerprint density at radius 3 is 2.18 bits per heavy atom. The van der Waals surface area contributed by atoms with Crippen molar-refractivity contribution in [3.05, 3.63) is 23.8 Å². The van der Waals surface area contributed by atoms with Crippen LogP contribution >= 0.6 is 0 Å². The van der Waals surface area contributed by atoms with Gasteiger partial charge >= 0.3 is 104 Å². The Morgan fingerprint density at radius 2 is 1.65 bits per heavy atom. The Bertz CT molecular complexity index is 239. The molecule has 0 bridgehead atoms. The van der Waals surface area contributed by atoms with Gasteiger partial charge in [0.15, 0.2) is 0 Å². The summed E-state index contributed by atoms with van der Waals surface area (Å²) >= 11 is 1.68. The van der Waals surface area contributed by atoms with Crippen molar-refractivity contribution in [3.63, 3.8) is 0 Å². The molecule has 1 rings (SSSR count). The maximum Gasteiger partial charge on any atom is -1.00 e. The molecule has 0 amide bonds. The summed E-state index contributed by atoms with van der Waals surface area (Å²) in [5, 5.41) is 0. The van der Waals surface area contributed by atoms with E-state index in [1.54, 1.807) is 30.3 Å². The molecule has 0 saturated carbocycles. The van der Waals surface area contributed by atoms with Gasteiger partial charge in [-0.1, -0.05) is 0 Å². The molecule has 0 aromatic heterocycles. The van der Waals surface area contributed by atoms with E-state index >= 15 is 0 Å². The number of unbranched alkanes of at least 4 members (excludes halogenated alkanes) is 2. The van der Waals surface area contributed by atoms with Gasteiger partial charge in [0, 0.05) is 0 Å². The van der Waals surface area contributed by atoms with E-state index in [-0.39, 0.29) is 37.2 Å². The number of allylic oxidation sites excluding steroid dienone is 4. The molecule has 98 valence electrons. The van der Waals surface area contributed by atoms with Crippen molar-refractivity contribution < 1.29 is 61.9 Å². The summed E-state index contributed by atoms with van der Waals surface area (Å²) < 4.78 is 0.484. The fourth-order valence-electron chi connectivity index (χ4n) is 1.96. The smallest absolute Gasteiger partial charge is 1.00 e. The van der Waals surface area contributed by atoms with Crippen molar-refractivity contribution in [2.24, 2.45) is 0 Å². The first kappa shape index (κ1) is 23.3. The second-order valence-electron chi connectivity index (χ2n) is 4.23. The number of halogens is 3. The van der Waals surface area contributed by atoms with Gasteiger partial charge in [-0.3, -0.25) is 0 Å². The Labute approximate surface area is 140 Å². The quantitative estimate of drug-likeness (QED) is 0.440. The summed E-state index contributed by atoms with van der Waals surface area (Å²) in [4.78, 5) is 0. The van der Waals surface area contributed by atoms with E-state index in [2.05, 4.69) is 32.1 Å². The first-order chi connectivity index (χ1) is 6.73. The van der Waals surface area contributed by atoms with Crippen molar-refractivity contribution in [2.45, 2.75) is 55.5 Å². The molecule has 0 N–H and O–H groups in total. The average Bonchev–Trinajstić information content (AvgIpc) is 2.54. The van der Waals surface area contributed by atoms with Crippen LogP contribution in [0.15, 0.2) is 23.8 Å². The van der Waals surface area contributed by atoms with Crippen molar-refractivity contribution >= 4 is 0 Å². The van der Waals surface area contributed by atoms with Crippen molar-refractivity contribution in [3.8, 4) is 0 Å². The summed E-state index contributed by atoms with van der Waals surface area (Å²) in [6, 6.07) is 0. The van der Waals surface area contributed by atoms with Gasteiger partial charge in [0.25, 0.3) is 0 Å². The second-order valence-corrected chi connectivity index (χ2v) is 6.42. The summed E-state index contributed by atoms with van der Waals surface area (Å²) in [7, 11) is 0. The molecule has 0 radical (unpaired) electrons. The molecule has 0 saturated heterocycles. The third-order valence-electron chi connectivity index (χ3n) is 2.98. The summed E-state index contributed by atoms with van der Waals surface area (Å²) in [5.41, 5.74) is 1.70. The third kappa shape index (κ3) is 7.41. The largest absolute Gasteiger partial charge is 1.00 e. The van der Waals surface area contributed by atoms with E-state index in [0.717, 1.165) is 0 Å². The molecule has 1 aliphatic rings. The van der Waals surface area contributed by atoms with Gasteiger partial charge in [-0.05, 0) is 0 Å². The monoisotopic (exact) mass is 372 g/mol. The molecule has 0 aliphatic heterocycles. The van der Waals surface area contributed by atoms with Gasteiger partial charge in [0.05, 0.1) is 0 Å². The molecular weight excluding hydrogens is 354 g/mol. The van der Waals surface area contributed by atoms with Crippen LogP contribution in [0.3, 0.4) is 0 Å². The molecule has 0 aromatic rings. The normalized spacial score (nSPS) is 21.1. The summed E-state index contributed by atoms with van der Waals surface area (Å²) in [6.45, 7) is 4.56. The number of hydrogen-bond acceptors (Lipinski definition) is 0. The van der Waals surface area contributed by atoms with Crippen LogP contribution in [0.4, 0.5) is 0 Å². The first-order valence-electron chi connectivity index (χ1n) is 5.87. The fraction of sp³-hybridized carbons (Fsp3) is 0.692. The van der Waals surface area contributed by atoms with Crippen molar-refractivity contribution in [2.75, 3.05) is 0 Å². The van der Waals surface area contributed by atoms with Gasteiger partial charge in [-0.2, -0.15) is 0 Å². The average molecular weight is 375 g/mol. The van der Waals surface area contributed by atoms with Crippen LogP contribution in [0.5, 0.6) is 0 Å². The Balaban J connectivity index is -0.000000653. The van der Waals surface area contributed by atoms with E-state index in [4.69, 9.17) is 0 Å². The zero-order chi connectivity index (χ0) is 10.4. The maximum atomic E-state index is 2.44. The zero-order valence-corrected chi connectivity index (χ0v) is 15.3. The molecule has 0 aromatic carbocycles. The fourth-order valence-corrected chi connectivity index (χ4v) is 3.14. The van der Waals surface area contributed by atoms with E-state index in [9.17, 15) is 0 Å². The molecule has 1 atom stereocenters. The summed E-state index contributed by atoms with van der Waals surface area (Å²) in [6.07, 6.45) is 15.1. The third-order valence-corrected chi connectivity index (χ3v) is 4.79.